The number of rotatable bonds is 6. The third-order valence-electron chi connectivity index (χ3n) is 1.46. The quantitative estimate of drug-likeness (QED) is 0.299. The fourth-order valence-electron chi connectivity index (χ4n) is 0.733. The number of aliphatic carboxylic acids is 1. The standard InChI is InChI=1S/C6H13BN2O5/c8-4(1-2-5(10)11)6(12)9-3-7(13)14/h4,13-14H,1-3,8H2,(H,9,12)(H,10,11). The van der Waals surface area contributed by atoms with E-state index >= 15 is 0 Å². The van der Waals surface area contributed by atoms with E-state index in [-0.39, 0.29) is 19.3 Å². The first kappa shape index (κ1) is 12.9. The lowest BCUT2D eigenvalue weighted by atomic mass is 9.92. The summed E-state index contributed by atoms with van der Waals surface area (Å²) in [5.74, 6) is -1.63. The second kappa shape index (κ2) is 6.36. The minimum Gasteiger partial charge on any atom is -0.481 e. The van der Waals surface area contributed by atoms with Crippen molar-refractivity contribution in [2.75, 3.05) is 6.44 Å². The highest BCUT2D eigenvalue weighted by Gasteiger charge is 2.16. The molecule has 0 aliphatic rings. The zero-order valence-electron chi connectivity index (χ0n) is 7.51. The zero-order chi connectivity index (χ0) is 11.1. The Labute approximate surface area is 81.1 Å². The van der Waals surface area contributed by atoms with Gasteiger partial charge in [-0.15, -0.1) is 0 Å². The third kappa shape index (κ3) is 6.41. The van der Waals surface area contributed by atoms with Crippen molar-refractivity contribution >= 4 is 19.0 Å². The SMILES string of the molecule is NC(CCC(=O)O)C(=O)NCB(O)O. The number of amides is 1. The monoisotopic (exact) mass is 204 g/mol. The average Bonchev–Trinajstić information content (AvgIpc) is 2.09. The smallest absolute Gasteiger partial charge is 0.472 e. The molecule has 0 aliphatic heterocycles. The second-order valence-electron chi connectivity index (χ2n) is 2.76. The molecule has 0 spiro atoms. The molecule has 0 aromatic rings. The van der Waals surface area contributed by atoms with Crippen molar-refractivity contribution in [2.24, 2.45) is 5.73 Å². The number of carboxylic acid groups (broad SMARTS) is 1. The second-order valence-corrected chi connectivity index (χ2v) is 2.76. The van der Waals surface area contributed by atoms with Gasteiger partial charge in [0.15, 0.2) is 0 Å². The summed E-state index contributed by atoms with van der Waals surface area (Å²) < 4.78 is 0. The number of nitrogens with two attached hydrogens (primary N) is 1. The molecule has 0 radical (unpaired) electrons. The lowest BCUT2D eigenvalue weighted by Gasteiger charge is -2.10. The van der Waals surface area contributed by atoms with Crippen LogP contribution < -0.4 is 11.1 Å². The van der Waals surface area contributed by atoms with Crippen molar-refractivity contribution in [2.45, 2.75) is 18.9 Å². The Balaban J connectivity index is 3.70. The molecule has 14 heavy (non-hydrogen) atoms. The molecule has 0 saturated heterocycles. The third-order valence-corrected chi connectivity index (χ3v) is 1.46. The molecule has 8 heteroatoms. The molecule has 0 fully saturated rings. The summed E-state index contributed by atoms with van der Waals surface area (Å²) in [7, 11) is -1.63. The molecule has 0 aromatic carbocycles. The Kier molecular flexibility index (Phi) is 5.85. The van der Waals surface area contributed by atoms with Gasteiger partial charge in [-0.3, -0.25) is 9.59 Å². The van der Waals surface area contributed by atoms with Gasteiger partial charge in [-0.25, -0.2) is 0 Å². The van der Waals surface area contributed by atoms with Crippen molar-refractivity contribution in [3.8, 4) is 0 Å². The maximum Gasteiger partial charge on any atom is 0.472 e. The maximum atomic E-state index is 11.0. The van der Waals surface area contributed by atoms with Crippen LogP contribution in [0.3, 0.4) is 0 Å². The van der Waals surface area contributed by atoms with Crippen LogP contribution in [-0.2, 0) is 9.59 Å². The first-order valence-electron chi connectivity index (χ1n) is 4.04. The van der Waals surface area contributed by atoms with E-state index in [4.69, 9.17) is 20.9 Å². The van der Waals surface area contributed by atoms with Crippen LogP contribution in [0.1, 0.15) is 12.8 Å². The summed E-state index contributed by atoms with van der Waals surface area (Å²) in [5.41, 5.74) is 5.31. The predicted molar refractivity (Wildman–Crippen MR) is 48.0 cm³/mol. The summed E-state index contributed by atoms with van der Waals surface area (Å²) in [4.78, 5) is 21.1. The van der Waals surface area contributed by atoms with Gasteiger partial charge < -0.3 is 26.2 Å². The van der Waals surface area contributed by atoms with Crippen molar-refractivity contribution in [1.29, 1.82) is 0 Å². The Morgan fingerprint density at radius 1 is 1.43 bits per heavy atom. The van der Waals surface area contributed by atoms with Gasteiger partial charge in [-0.1, -0.05) is 0 Å². The molecule has 0 heterocycles. The predicted octanol–water partition coefficient (Wildman–Crippen LogP) is -2.69. The van der Waals surface area contributed by atoms with Crippen LogP contribution in [0.15, 0.2) is 0 Å². The molecule has 1 unspecified atom stereocenters. The van der Waals surface area contributed by atoms with Crippen LogP contribution in [0, 0.1) is 0 Å². The molecule has 7 nitrogen and oxygen atoms in total. The van der Waals surface area contributed by atoms with Crippen molar-refractivity contribution in [3.63, 3.8) is 0 Å². The fraction of sp³-hybridized carbons (Fsp3) is 0.667. The van der Waals surface area contributed by atoms with Crippen molar-refractivity contribution in [3.05, 3.63) is 0 Å². The van der Waals surface area contributed by atoms with Gasteiger partial charge >= 0.3 is 13.1 Å². The van der Waals surface area contributed by atoms with Gasteiger partial charge in [0.1, 0.15) is 0 Å². The molecular formula is C6H13BN2O5. The van der Waals surface area contributed by atoms with E-state index in [1.54, 1.807) is 0 Å². The van der Waals surface area contributed by atoms with Crippen LogP contribution in [-0.4, -0.2) is 46.6 Å². The van der Waals surface area contributed by atoms with Gasteiger partial charge in [-0.2, -0.15) is 0 Å². The van der Waals surface area contributed by atoms with Crippen molar-refractivity contribution in [1.82, 2.24) is 5.32 Å². The average molecular weight is 204 g/mol. The van der Waals surface area contributed by atoms with Gasteiger partial charge in [0, 0.05) is 6.42 Å². The number of carboxylic acids is 1. The first-order chi connectivity index (χ1) is 6.43. The summed E-state index contributed by atoms with van der Waals surface area (Å²) in [6, 6.07) is -0.940. The number of hydrogen-bond acceptors (Lipinski definition) is 5. The van der Waals surface area contributed by atoms with E-state index in [0.29, 0.717) is 0 Å². The minimum absolute atomic E-state index is 0.0166. The van der Waals surface area contributed by atoms with E-state index in [1.165, 1.54) is 0 Å². The van der Waals surface area contributed by atoms with Crippen LogP contribution in [0.2, 0.25) is 0 Å². The molecule has 1 atom stereocenters. The minimum atomic E-state index is -1.63. The number of carbonyl (C=O) groups excluding carboxylic acids is 1. The molecule has 1 amide bonds. The molecule has 0 aliphatic carbocycles. The van der Waals surface area contributed by atoms with E-state index in [0.717, 1.165) is 0 Å². The Morgan fingerprint density at radius 3 is 2.43 bits per heavy atom. The first-order valence-corrected chi connectivity index (χ1v) is 4.04. The molecular weight excluding hydrogens is 191 g/mol. The summed E-state index contributed by atoms with van der Waals surface area (Å²) in [6.45, 7) is 0. The van der Waals surface area contributed by atoms with Gasteiger partial charge in [-0.05, 0) is 6.42 Å². The number of nitrogens with one attached hydrogen (secondary N) is 1. The van der Waals surface area contributed by atoms with E-state index in [1.807, 2.05) is 0 Å². The largest absolute Gasteiger partial charge is 0.481 e. The zero-order valence-corrected chi connectivity index (χ0v) is 7.51. The Bertz CT molecular complexity index is 210. The lowest BCUT2D eigenvalue weighted by molar-refractivity contribution is -0.137. The Morgan fingerprint density at radius 2 is 2.00 bits per heavy atom. The highest BCUT2D eigenvalue weighted by atomic mass is 16.4. The topological polar surface area (TPSA) is 133 Å². The summed E-state index contributed by atoms with van der Waals surface area (Å²) in [6.07, 6.45) is -0.501. The van der Waals surface area contributed by atoms with E-state index in [2.05, 4.69) is 5.32 Å². The molecule has 80 valence electrons. The van der Waals surface area contributed by atoms with Gasteiger partial charge in [0.2, 0.25) is 5.91 Å². The summed E-state index contributed by atoms with van der Waals surface area (Å²) in [5, 5.41) is 27.3. The van der Waals surface area contributed by atoms with Crippen LogP contribution in [0.5, 0.6) is 0 Å². The highest BCUT2D eigenvalue weighted by Crippen LogP contribution is 1.94. The summed E-state index contributed by atoms with van der Waals surface area (Å²) >= 11 is 0. The van der Waals surface area contributed by atoms with E-state index in [9.17, 15) is 9.59 Å². The fourth-order valence-corrected chi connectivity index (χ4v) is 0.733. The van der Waals surface area contributed by atoms with Crippen LogP contribution >= 0.6 is 0 Å². The van der Waals surface area contributed by atoms with Crippen molar-refractivity contribution < 1.29 is 24.7 Å². The molecule has 0 saturated carbocycles. The van der Waals surface area contributed by atoms with E-state index < -0.39 is 25.0 Å². The molecule has 6 N–H and O–H groups in total. The molecule has 0 aromatic heterocycles. The van der Waals surface area contributed by atoms with Gasteiger partial charge in [0.25, 0.3) is 0 Å². The lowest BCUT2D eigenvalue weighted by Crippen LogP contribution is -2.44. The van der Waals surface area contributed by atoms with Crippen LogP contribution in [0.25, 0.3) is 0 Å². The molecule has 0 bridgehead atoms. The van der Waals surface area contributed by atoms with Crippen LogP contribution in [0.4, 0.5) is 0 Å². The maximum absolute atomic E-state index is 11.0. The molecule has 0 rings (SSSR count). The van der Waals surface area contributed by atoms with Gasteiger partial charge in [0.05, 0.1) is 12.5 Å². The number of hydrogen-bond donors (Lipinski definition) is 5. The highest BCUT2D eigenvalue weighted by molar-refractivity contribution is 6.41. The normalized spacial score (nSPS) is 11.9. The number of carbonyl (C=O) groups is 2. The Hall–Kier alpha value is -1.12.